The largest absolute Gasteiger partial charge is 0.363 e. The van der Waals surface area contributed by atoms with Crippen LogP contribution in [-0.4, -0.2) is 54.9 Å². The van der Waals surface area contributed by atoms with Gasteiger partial charge in [0.25, 0.3) is 17.5 Å². The van der Waals surface area contributed by atoms with E-state index in [9.17, 15) is 19.7 Å². The van der Waals surface area contributed by atoms with Crippen molar-refractivity contribution >= 4 is 28.9 Å². The predicted molar refractivity (Wildman–Crippen MR) is 105 cm³/mol. The van der Waals surface area contributed by atoms with Crippen LogP contribution in [0.4, 0.5) is 17.1 Å². The summed E-state index contributed by atoms with van der Waals surface area (Å²) in [6, 6.07) is 9.79. The van der Waals surface area contributed by atoms with E-state index in [1.165, 1.54) is 12.1 Å². The van der Waals surface area contributed by atoms with Crippen LogP contribution in [0.3, 0.4) is 0 Å². The average Bonchev–Trinajstić information content (AvgIpc) is 2.92. The molecule has 0 aliphatic carbocycles. The number of nitro benzene ring substituents is 1. The Morgan fingerprint density at radius 3 is 2.07 bits per heavy atom. The number of amides is 2. The Kier molecular flexibility index (Phi) is 4.35. The van der Waals surface area contributed by atoms with Gasteiger partial charge in [-0.05, 0) is 32.2 Å². The van der Waals surface area contributed by atoms with E-state index in [1.54, 1.807) is 12.1 Å². The van der Waals surface area contributed by atoms with Crippen molar-refractivity contribution in [3.05, 3.63) is 63.2 Å². The third-order valence-electron chi connectivity index (χ3n) is 5.31. The lowest BCUT2D eigenvalue weighted by Gasteiger charge is -2.33. The number of imide groups is 1. The number of rotatable bonds is 3. The van der Waals surface area contributed by atoms with Crippen molar-refractivity contribution in [1.82, 2.24) is 4.90 Å². The van der Waals surface area contributed by atoms with E-state index < -0.39 is 16.7 Å². The topological polar surface area (TPSA) is 87.0 Å². The van der Waals surface area contributed by atoms with Gasteiger partial charge in [0.15, 0.2) is 0 Å². The Morgan fingerprint density at radius 1 is 0.929 bits per heavy atom. The van der Waals surface area contributed by atoms with Crippen molar-refractivity contribution < 1.29 is 14.5 Å². The van der Waals surface area contributed by atoms with Crippen molar-refractivity contribution in [3.8, 4) is 0 Å². The van der Waals surface area contributed by atoms with Crippen LogP contribution >= 0.6 is 0 Å². The monoisotopic (exact) mass is 380 g/mol. The zero-order valence-electron chi connectivity index (χ0n) is 15.7. The van der Waals surface area contributed by atoms with Gasteiger partial charge >= 0.3 is 0 Å². The molecule has 28 heavy (non-hydrogen) atoms. The molecule has 2 heterocycles. The quantitative estimate of drug-likeness (QED) is 0.462. The summed E-state index contributed by atoms with van der Waals surface area (Å²) in [4.78, 5) is 42.1. The molecule has 144 valence electrons. The van der Waals surface area contributed by atoms with Crippen LogP contribution in [0.25, 0.3) is 0 Å². The molecule has 0 aromatic heterocycles. The van der Waals surface area contributed by atoms with E-state index in [1.807, 2.05) is 31.0 Å². The number of likely N-dealkylation sites (N-methyl/N-ethyl adjacent to an activating group) is 1. The van der Waals surface area contributed by atoms with Crippen LogP contribution < -0.4 is 9.80 Å². The molecule has 0 spiro atoms. The molecular weight excluding hydrogens is 360 g/mol. The van der Waals surface area contributed by atoms with E-state index in [0.29, 0.717) is 24.5 Å². The van der Waals surface area contributed by atoms with Gasteiger partial charge in [0.2, 0.25) is 0 Å². The number of nitrogens with zero attached hydrogens (tertiary/aromatic N) is 4. The van der Waals surface area contributed by atoms with E-state index in [2.05, 4.69) is 4.90 Å². The molecule has 0 radical (unpaired) electrons. The van der Waals surface area contributed by atoms with Gasteiger partial charge in [-0.15, -0.1) is 0 Å². The second-order valence-corrected chi connectivity index (χ2v) is 7.22. The van der Waals surface area contributed by atoms with Crippen LogP contribution in [0.2, 0.25) is 0 Å². The molecule has 2 aliphatic heterocycles. The summed E-state index contributed by atoms with van der Waals surface area (Å²) < 4.78 is 0. The molecule has 0 bridgehead atoms. The third-order valence-corrected chi connectivity index (χ3v) is 5.31. The molecular formula is C20H20N4O4. The summed E-state index contributed by atoms with van der Waals surface area (Å²) in [5.74, 6) is -0.981. The minimum Gasteiger partial charge on any atom is -0.363 e. The molecule has 1 fully saturated rings. The first-order valence-electron chi connectivity index (χ1n) is 9.08. The average molecular weight is 380 g/mol. The van der Waals surface area contributed by atoms with Crippen molar-refractivity contribution in [1.29, 1.82) is 0 Å². The molecule has 2 aliphatic rings. The van der Waals surface area contributed by atoms with Gasteiger partial charge in [0.1, 0.15) is 5.69 Å². The first kappa shape index (κ1) is 18.1. The molecule has 0 atom stereocenters. The predicted octanol–water partition coefficient (Wildman–Crippen LogP) is 2.46. The fourth-order valence-electron chi connectivity index (χ4n) is 3.64. The number of aryl methyl sites for hydroxylation is 1. The van der Waals surface area contributed by atoms with Gasteiger partial charge < -0.3 is 9.80 Å². The lowest BCUT2D eigenvalue weighted by molar-refractivity contribution is -0.384. The summed E-state index contributed by atoms with van der Waals surface area (Å²) >= 11 is 0. The summed E-state index contributed by atoms with van der Waals surface area (Å²) in [6.45, 7) is 4.71. The maximum Gasteiger partial charge on any atom is 0.293 e. The van der Waals surface area contributed by atoms with E-state index >= 15 is 0 Å². The smallest absolute Gasteiger partial charge is 0.293 e. The molecule has 2 aromatic rings. The highest BCUT2D eigenvalue weighted by Crippen LogP contribution is 2.37. The SMILES string of the molecule is Cc1ccc(N2C(=O)c3cc(N4CCN(C)CC4)c([N+](=O)[O-])cc3C2=O)cc1. The van der Waals surface area contributed by atoms with Crippen LogP contribution in [0, 0.1) is 17.0 Å². The first-order chi connectivity index (χ1) is 13.4. The fraction of sp³-hybridized carbons (Fsp3) is 0.300. The summed E-state index contributed by atoms with van der Waals surface area (Å²) in [6.07, 6.45) is 0. The maximum atomic E-state index is 13.0. The molecule has 4 rings (SSSR count). The van der Waals surface area contributed by atoms with Gasteiger partial charge in [-0.1, -0.05) is 17.7 Å². The first-order valence-corrected chi connectivity index (χ1v) is 9.08. The zero-order chi connectivity index (χ0) is 20.0. The summed E-state index contributed by atoms with van der Waals surface area (Å²) in [5.41, 5.74) is 2.01. The molecule has 0 saturated carbocycles. The molecule has 0 N–H and O–H groups in total. The normalized spacial score (nSPS) is 17.2. The fourth-order valence-corrected chi connectivity index (χ4v) is 3.64. The summed E-state index contributed by atoms with van der Waals surface area (Å²) in [5, 5.41) is 11.7. The number of fused-ring (bicyclic) bond motifs is 1. The van der Waals surface area contributed by atoms with Crippen LogP contribution in [0.1, 0.15) is 26.3 Å². The Balaban J connectivity index is 1.77. The van der Waals surface area contributed by atoms with Crippen molar-refractivity contribution in [2.45, 2.75) is 6.92 Å². The Hall–Kier alpha value is -3.26. The Bertz CT molecular complexity index is 978. The second-order valence-electron chi connectivity index (χ2n) is 7.22. The van der Waals surface area contributed by atoms with Crippen molar-refractivity contribution in [2.75, 3.05) is 43.0 Å². The highest BCUT2D eigenvalue weighted by atomic mass is 16.6. The lowest BCUT2D eigenvalue weighted by Crippen LogP contribution is -2.44. The van der Waals surface area contributed by atoms with Crippen molar-refractivity contribution in [2.24, 2.45) is 0 Å². The number of piperazine rings is 1. The van der Waals surface area contributed by atoms with E-state index in [4.69, 9.17) is 0 Å². The second kappa shape index (κ2) is 6.72. The van der Waals surface area contributed by atoms with Gasteiger partial charge in [0, 0.05) is 32.2 Å². The minimum absolute atomic E-state index is 0.0788. The number of anilines is 2. The molecule has 8 nitrogen and oxygen atoms in total. The number of carbonyl (C=O) groups is 2. The van der Waals surface area contributed by atoms with Gasteiger partial charge in [-0.25, -0.2) is 4.90 Å². The number of nitro groups is 1. The van der Waals surface area contributed by atoms with E-state index in [-0.39, 0.29) is 16.8 Å². The van der Waals surface area contributed by atoms with Crippen LogP contribution in [0.15, 0.2) is 36.4 Å². The van der Waals surface area contributed by atoms with E-state index in [0.717, 1.165) is 23.6 Å². The summed E-state index contributed by atoms with van der Waals surface area (Å²) in [7, 11) is 2.00. The van der Waals surface area contributed by atoms with Gasteiger partial charge in [-0.3, -0.25) is 19.7 Å². The van der Waals surface area contributed by atoms with Crippen LogP contribution in [-0.2, 0) is 0 Å². The molecule has 8 heteroatoms. The Labute approximate surface area is 162 Å². The highest BCUT2D eigenvalue weighted by molar-refractivity contribution is 6.35. The standard InChI is InChI=1S/C20H20N4O4/c1-13-3-5-14(6-4-13)23-19(25)15-11-17(22-9-7-21(2)8-10-22)18(24(27)28)12-16(15)20(23)26/h3-6,11-12H,7-10H2,1-2H3. The number of hydrogen-bond donors (Lipinski definition) is 0. The molecule has 2 aromatic carbocycles. The number of benzene rings is 2. The molecule has 1 saturated heterocycles. The minimum atomic E-state index is -0.531. The Morgan fingerprint density at radius 2 is 1.50 bits per heavy atom. The molecule has 0 unspecified atom stereocenters. The zero-order valence-corrected chi connectivity index (χ0v) is 15.7. The van der Waals surface area contributed by atoms with Crippen molar-refractivity contribution in [3.63, 3.8) is 0 Å². The van der Waals surface area contributed by atoms with Gasteiger partial charge in [-0.2, -0.15) is 0 Å². The highest BCUT2D eigenvalue weighted by Gasteiger charge is 2.40. The maximum absolute atomic E-state index is 13.0. The lowest BCUT2D eigenvalue weighted by atomic mass is 10.1. The third kappa shape index (κ3) is 2.91. The van der Waals surface area contributed by atoms with Crippen LogP contribution in [0.5, 0.6) is 0 Å². The molecule has 2 amide bonds. The number of hydrogen-bond acceptors (Lipinski definition) is 6. The van der Waals surface area contributed by atoms with Gasteiger partial charge in [0.05, 0.1) is 21.7 Å². The number of carbonyl (C=O) groups excluding carboxylic acids is 2.